The van der Waals surface area contributed by atoms with E-state index >= 15 is 0 Å². The Hall–Kier alpha value is -0.810. The Kier molecular flexibility index (Phi) is 5.15. The van der Waals surface area contributed by atoms with Crippen molar-refractivity contribution in [1.29, 1.82) is 0 Å². The Morgan fingerprint density at radius 2 is 2.14 bits per heavy atom. The fraction of sp³-hybridized carbons (Fsp3) is 0.938. The van der Waals surface area contributed by atoms with E-state index in [0.29, 0.717) is 12.0 Å². The second-order valence-corrected chi connectivity index (χ2v) is 7.55. The lowest BCUT2D eigenvalue weighted by atomic mass is 9.76. The van der Waals surface area contributed by atoms with Gasteiger partial charge in [-0.15, -0.1) is 0 Å². The van der Waals surface area contributed by atoms with E-state index in [1.165, 1.54) is 6.42 Å². The van der Waals surface area contributed by atoms with Crippen molar-refractivity contribution in [3.63, 3.8) is 0 Å². The Balaban J connectivity index is 1.79. The maximum Gasteiger partial charge on any atom is 0.408 e. The molecule has 5 heteroatoms. The number of rotatable bonds is 5. The zero-order valence-electron chi connectivity index (χ0n) is 13.8. The molecule has 2 rings (SSSR count). The predicted molar refractivity (Wildman–Crippen MR) is 82.3 cm³/mol. The third-order valence-electron chi connectivity index (χ3n) is 4.51. The van der Waals surface area contributed by atoms with Crippen LogP contribution in [0.2, 0.25) is 0 Å². The molecule has 5 nitrogen and oxygen atoms in total. The molecule has 0 aromatic heterocycles. The lowest BCUT2D eigenvalue weighted by Crippen LogP contribution is -2.61. The van der Waals surface area contributed by atoms with Gasteiger partial charge in [0.05, 0.1) is 12.1 Å². The molecule has 1 heterocycles. The number of hydrogen-bond acceptors (Lipinski definition) is 4. The summed E-state index contributed by atoms with van der Waals surface area (Å²) >= 11 is 0. The molecule has 0 bridgehead atoms. The minimum absolute atomic E-state index is 0.129. The van der Waals surface area contributed by atoms with Gasteiger partial charge in [-0.3, -0.25) is 0 Å². The molecule has 0 aromatic carbocycles. The van der Waals surface area contributed by atoms with Gasteiger partial charge >= 0.3 is 6.09 Å². The largest absolute Gasteiger partial charge is 0.444 e. The van der Waals surface area contributed by atoms with Gasteiger partial charge in [0.2, 0.25) is 0 Å². The van der Waals surface area contributed by atoms with Gasteiger partial charge in [0.1, 0.15) is 5.60 Å². The smallest absolute Gasteiger partial charge is 0.408 e. The minimum atomic E-state index is -0.447. The van der Waals surface area contributed by atoms with Gasteiger partial charge < -0.3 is 20.1 Å². The summed E-state index contributed by atoms with van der Waals surface area (Å²) < 4.78 is 10.8. The lowest BCUT2D eigenvalue weighted by molar-refractivity contribution is 0.0376. The molecule has 1 aliphatic heterocycles. The van der Waals surface area contributed by atoms with Gasteiger partial charge in [0.15, 0.2) is 0 Å². The van der Waals surface area contributed by atoms with Gasteiger partial charge in [-0.1, -0.05) is 0 Å². The summed E-state index contributed by atoms with van der Waals surface area (Å²) in [6.07, 6.45) is 4.03. The van der Waals surface area contributed by atoms with Gasteiger partial charge in [0, 0.05) is 19.2 Å². The van der Waals surface area contributed by atoms with Crippen LogP contribution < -0.4 is 10.6 Å². The summed E-state index contributed by atoms with van der Waals surface area (Å²) in [6, 6.07) is 0.422. The first kappa shape index (κ1) is 16.6. The van der Waals surface area contributed by atoms with Crippen LogP contribution in [0.4, 0.5) is 4.79 Å². The number of ether oxygens (including phenoxy) is 2. The SMILES string of the molecule is CC(NCC1(NC(=O)OC(C)(C)C)CCC1)C1CCOC1. The Labute approximate surface area is 128 Å². The van der Waals surface area contributed by atoms with Crippen molar-refractivity contribution in [1.82, 2.24) is 10.6 Å². The van der Waals surface area contributed by atoms with Crippen LogP contribution in [0.3, 0.4) is 0 Å². The number of carbonyl (C=O) groups is 1. The zero-order chi connectivity index (χ0) is 15.5. The van der Waals surface area contributed by atoms with Crippen molar-refractivity contribution >= 4 is 6.09 Å². The number of hydrogen-bond donors (Lipinski definition) is 2. The maximum absolute atomic E-state index is 12.0. The van der Waals surface area contributed by atoms with E-state index < -0.39 is 5.60 Å². The second-order valence-electron chi connectivity index (χ2n) is 7.55. The highest BCUT2D eigenvalue weighted by Crippen LogP contribution is 2.32. The number of amides is 1. The van der Waals surface area contributed by atoms with Crippen LogP contribution in [0.15, 0.2) is 0 Å². The van der Waals surface area contributed by atoms with Gasteiger partial charge in [-0.2, -0.15) is 0 Å². The normalized spacial score (nSPS) is 26.0. The Morgan fingerprint density at radius 1 is 1.43 bits per heavy atom. The fourth-order valence-corrected chi connectivity index (χ4v) is 2.94. The molecule has 21 heavy (non-hydrogen) atoms. The summed E-state index contributed by atoms with van der Waals surface area (Å²) in [5, 5.41) is 6.66. The second kappa shape index (κ2) is 6.53. The van der Waals surface area contributed by atoms with E-state index in [1.807, 2.05) is 20.8 Å². The first-order chi connectivity index (χ1) is 9.80. The molecule has 2 aliphatic rings. The minimum Gasteiger partial charge on any atom is -0.444 e. The highest BCUT2D eigenvalue weighted by molar-refractivity contribution is 5.69. The molecule has 0 aromatic rings. The molecule has 2 unspecified atom stereocenters. The number of nitrogens with one attached hydrogen (secondary N) is 2. The number of carbonyl (C=O) groups excluding carboxylic acids is 1. The van der Waals surface area contributed by atoms with Crippen LogP contribution in [0.5, 0.6) is 0 Å². The first-order valence-corrected chi connectivity index (χ1v) is 8.12. The van der Waals surface area contributed by atoms with Crippen molar-refractivity contribution in [2.24, 2.45) is 5.92 Å². The fourth-order valence-electron chi connectivity index (χ4n) is 2.94. The van der Waals surface area contributed by atoms with E-state index in [4.69, 9.17) is 9.47 Å². The molecule has 0 radical (unpaired) electrons. The standard InChI is InChI=1S/C16H30N2O3/c1-12(13-6-9-20-10-13)17-11-16(7-5-8-16)18-14(19)21-15(2,3)4/h12-13,17H,5-11H2,1-4H3,(H,18,19). The molecule has 122 valence electrons. The van der Waals surface area contributed by atoms with Gasteiger partial charge in [-0.05, 0) is 59.3 Å². The van der Waals surface area contributed by atoms with E-state index in [-0.39, 0.29) is 11.6 Å². The maximum atomic E-state index is 12.0. The van der Waals surface area contributed by atoms with Gasteiger partial charge in [-0.25, -0.2) is 4.79 Å². The Morgan fingerprint density at radius 3 is 2.62 bits per heavy atom. The molecule has 2 fully saturated rings. The summed E-state index contributed by atoms with van der Waals surface area (Å²) in [5.41, 5.74) is -0.576. The lowest BCUT2D eigenvalue weighted by Gasteiger charge is -2.43. The monoisotopic (exact) mass is 298 g/mol. The van der Waals surface area contributed by atoms with Crippen LogP contribution in [0.1, 0.15) is 53.4 Å². The van der Waals surface area contributed by atoms with Gasteiger partial charge in [0.25, 0.3) is 0 Å². The third-order valence-corrected chi connectivity index (χ3v) is 4.51. The highest BCUT2D eigenvalue weighted by atomic mass is 16.6. The first-order valence-electron chi connectivity index (χ1n) is 8.12. The van der Waals surface area contributed by atoms with Crippen molar-refractivity contribution in [3.05, 3.63) is 0 Å². The predicted octanol–water partition coefficient (Wildman–Crippen LogP) is 2.45. The van der Waals surface area contributed by atoms with E-state index in [1.54, 1.807) is 0 Å². The van der Waals surface area contributed by atoms with Crippen LogP contribution in [-0.4, -0.2) is 43.0 Å². The molecule has 2 N–H and O–H groups in total. The topological polar surface area (TPSA) is 59.6 Å². The zero-order valence-corrected chi connectivity index (χ0v) is 13.8. The van der Waals surface area contributed by atoms with Crippen molar-refractivity contribution in [3.8, 4) is 0 Å². The van der Waals surface area contributed by atoms with Crippen molar-refractivity contribution in [2.45, 2.75) is 70.6 Å². The summed E-state index contributed by atoms with van der Waals surface area (Å²) in [7, 11) is 0. The van der Waals surface area contributed by atoms with Crippen LogP contribution in [0.25, 0.3) is 0 Å². The van der Waals surface area contributed by atoms with Crippen molar-refractivity contribution in [2.75, 3.05) is 19.8 Å². The molecule has 1 saturated carbocycles. The average molecular weight is 298 g/mol. The molecule has 0 spiro atoms. The molecule has 1 amide bonds. The highest BCUT2D eigenvalue weighted by Gasteiger charge is 2.40. The van der Waals surface area contributed by atoms with Crippen LogP contribution in [-0.2, 0) is 9.47 Å². The number of alkyl carbamates (subject to hydrolysis) is 1. The molecular formula is C16H30N2O3. The molecular weight excluding hydrogens is 268 g/mol. The van der Waals surface area contributed by atoms with Crippen molar-refractivity contribution < 1.29 is 14.3 Å². The van der Waals surface area contributed by atoms with E-state index in [2.05, 4.69) is 17.6 Å². The van der Waals surface area contributed by atoms with Crippen LogP contribution >= 0.6 is 0 Å². The average Bonchev–Trinajstić information content (AvgIpc) is 2.83. The molecule has 2 atom stereocenters. The molecule has 1 aliphatic carbocycles. The summed E-state index contributed by atoms with van der Waals surface area (Å²) in [6.45, 7) is 10.4. The third kappa shape index (κ3) is 4.85. The Bertz CT molecular complexity index is 355. The molecule has 1 saturated heterocycles. The van der Waals surface area contributed by atoms with E-state index in [0.717, 1.165) is 39.0 Å². The summed E-state index contributed by atoms with van der Waals surface area (Å²) in [5.74, 6) is 0.587. The van der Waals surface area contributed by atoms with E-state index in [9.17, 15) is 4.79 Å². The quantitative estimate of drug-likeness (QED) is 0.818. The van der Waals surface area contributed by atoms with Crippen LogP contribution in [0, 0.1) is 5.92 Å². The summed E-state index contributed by atoms with van der Waals surface area (Å²) in [4.78, 5) is 12.0.